The van der Waals surface area contributed by atoms with Gasteiger partial charge in [0.2, 0.25) is 0 Å². The number of carbonyl (C=O) groups is 6. The van der Waals surface area contributed by atoms with E-state index < -0.39 is 6.10 Å². The average molecular weight is 1950 g/mol. The van der Waals surface area contributed by atoms with Crippen LogP contribution < -0.4 is 0 Å². The molecule has 0 heterocycles. The lowest BCUT2D eigenvalue weighted by molar-refractivity contribution is -0.883. The van der Waals surface area contributed by atoms with Crippen LogP contribution in [0.4, 0.5) is 0 Å². The smallest absolute Gasteiger partial charge is 0.362 e. The molecule has 0 N–H and O–H groups in total. The Bertz CT molecular complexity index is 2640. The second kappa shape index (κ2) is 102. The minimum Gasteiger partial charge on any atom is -0.462 e. The number of allylic oxidation sites excluding steroid dienone is 3. The number of hydrogen-bond acceptors (Lipinski definition) is 12. The average Bonchev–Trinajstić information content (AvgIpc) is 0.906. The van der Waals surface area contributed by atoms with Crippen molar-refractivity contribution in [1.29, 1.82) is 0 Å². The summed E-state index contributed by atoms with van der Waals surface area (Å²) >= 11 is 0. The zero-order valence-corrected chi connectivity index (χ0v) is 94.2. The second-order valence-electron chi connectivity index (χ2n) is 44.8. The number of hydrogen-bond donors (Lipinski definition) is 0. The Hall–Kier alpha value is -4.08. The molecule has 15 nitrogen and oxygen atoms in total. The standard InChI is InChI=1S/C123H236N3O12/c1-13-19-25-31-34-37-40-43-46-49-52-55-64-73-82-94-106-124(7,8)109-121(130)135-114(97-85-28-22-16-4)100-88-76-67-58-61-70-79-91-103-118(127)133-112-117(138-120(129)105-93-81-72-63-60-69-78-90-102-116(99-87-30-24-18-6)137-123(132)111-126(11,12)108-96-84-75-66-57-54-51-48-45-42-39-36-33-27-21-15-3)113-134-119(128)104-92-80-71-62-59-68-77-89-101-115(98-86-29-23-17-5)136-122(131)110-125(9,10)107-95-83-74-65-56-53-50-47-44-41-38-35-32-26-20-14-2/h76-78,88-90,114-117H,13-75,79-87,91-113H2,1-12H3/q+3/b88-76+,89-77+,90-78+. The van der Waals surface area contributed by atoms with Gasteiger partial charge in [-0.15, -0.1) is 0 Å². The molecule has 0 saturated carbocycles. The fraction of sp³-hybridized carbons (Fsp3) is 0.902. The van der Waals surface area contributed by atoms with E-state index in [9.17, 15) is 28.8 Å². The summed E-state index contributed by atoms with van der Waals surface area (Å²) in [6.45, 7) is 17.5. The first-order chi connectivity index (χ1) is 67.1. The summed E-state index contributed by atoms with van der Waals surface area (Å²) in [6, 6.07) is 0. The Morgan fingerprint density at radius 1 is 0.188 bits per heavy atom. The van der Waals surface area contributed by atoms with Crippen LogP contribution in [0.1, 0.15) is 600 Å². The number of ether oxygens (including phenoxy) is 6. The van der Waals surface area contributed by atoms with Crippen LogP contribution in [0.3, 0.4) is 0 Å². The molecule has 0 aromatic rings. The zero-order valence-electron chi connectivity index (χ0n) is 94.2. The van der Waals surface area contributed by atoms with Gasteiger partial charge in [-0.1, -0.05) is 463 Å². The van der Waals surface area contributed by atoms with Crippen LogP contribution >= 0.6 is 0 Å². The van der Waals surface area contributed by atoms with Crippen molar-refractivity contribution < 1.29 is 70.6 Å². The second-order valence-corrected chi connectivity index (χ2v) is 44.8. The van der Waals surface area contributed by atoms with E-state index in [0.29, 0.717) is 52.3 Å². The lowest BCUT2D eigenvalue weighted by Gasteiger charge is -2.29. The van der Waals surface area contributed by atoms with Crippen LogP contribution in [0.5, 0.6) is 0 Å². The SMILES string of the molecule is CCCCCCCCCCCCCCCCCC[N+](C)(C)CC(=O)OC(C/C=C/CCCCCCCC(=O)OCC(COC(=O)CCCCCCC/C=C/CC(CCCCCC)OC(=O)C[N+](C)(C)CCCCCCCCCCCCCCCCCC)OC(=O)CCCCCCC/C=C/CC(CCCCCC)OC(=O)C[N+](C)(C)CCCCCCCCCCCCCCCCCC)CCCCCC. The fourth-order valence-electron chi connectivity index (χ4n) is 19.5. The molecule has 0 rings (SSSR count). The summed E-state index contributed by atoms with van der Waals surface area (Å²) in [4.78, 5) is 80.2. The lowest BCUT2D eigenvalue weighted by atomic mass is 10.0. The van der Waals surface area contributed by atoms with Gasteiger partial charge in [0, 0.05) is 38.5 Å². The molecule has 15 heteroatoms. The van der Waals surface area contributed by atoms with E-state index in [-0.39, 0.29) is 86.6 Å². The number of unbranched alkanes of at least 4 members (excludes halogenated alkanes) is 69. The first-order valence-corrected chi connectivity index (χ1v) is 60.6. The molecule has 0 radical (unpaired) electrons. The van der Waals surface area contributed by atoms with Gasteiger partial charge in [-0.25, -0.2) is 14.4 Å². The first kappa shape index (κ1) is 134. The molecule has 0 aliphatic rings. The Balaban J connectivity index is 5.38. The first-order valence-electron chi connectivity index (χ1n) is 60.6. The maximum absolute atomic E-state index is 13.4. The third-order valence-corrected chi connectivity index (χ3v) is 28.7. The number of carbonyl (C=O) groups excluding carboxylic acids is 6. The molecule has 0 aliphatic carbocycles. The predicted molar refractivity (Wildman–Crippen MR) is 590 cm³/mol. The molecule has 0 spiro atoms. The maximum Gasteiger partial charge on any atom is 0.362 e. The van der Waals surface area contributed by atoms with Crippen molar-refractivity contribution in [3.8, 4) is 0 Å². The topological polar surface area (TPSA) is 158 Å². The molecule has 0 aromatic heterocycles. The molecule has 812 valence electrons. The Morgan fingerprint density at radius 3 is 0.580 bits per heavy atom. The van der Waals surface area contributed by atoms with E-state index in [4.69, 9.17) is 28.4 Å². The summed E-state index contributed by atoms with van der Waals surface area (Å²) in [6.07, 6.45) is 114. The van der Waals surface area contributed by atoms with Gasteiger partial charge in [-0.05, 0) is 135 Å². The highest BCUT2D eigenvalue weighted by atomic mass is 16.6. The summed E-state index contributed by atoms with van der Waals surface area (Å²) in [5.74, 6) is -1.31. The van der Waals surface area contributed by atoms with Crippen molar-refractivity contribution in [2.75, 3.05) is 94.8 Å². The van der Waals surface area contributed by atoms with Crippen LogP contribution in [-0.4, -0.2) is 168 Å². The quantitative estimate of drug-likeness (QED) is 0.0187. The molecular formula is C123H236N3O12+3. The minimum absolute atomic E-state index is 0.0781. The van der Waals surface area contributed by atoms with Gasteiger partial charge in [-0.2, -0.15) is 0 Å². The van der Waals surface area contributed by atoms with E-state index in [2.05, 4.69) is 120 Å². The lowest BCUT2D eigenvalue weighted by Crippen LogP contribution is -2.45. The van der Waals surface area contributed by atoms with Crippen LogP contribution in [0.25, 0.3) is 0 Å². The number of esters is 6. The minimum atomic E-state index is -0.890. The molecule has 0 aromatic carbocycles. The Morgan fingerprint density at radius 2 is 0.362 bits per heavy atom. The van der Waals surface area contributed by atoms with Gasteiger partial charge in [0.1, 0.15) is 31.5 Å². The van der Waals surface area contributed by atoms with Crippen molar-refractivity contribution in [2.45, 2.75) is 625 Å². The van der Waals surface area contributed by atoms with Gasteiger partial charge in [0.25, 0.3) is 0 Å². The van der Waals surface area contributed by atoms with Crippen LogP contribution in [0.2, 0.25) is 0 Å². The van der Waals surface area contributed by atoms with E-state index in [1.807, 2.05) is 0 Å². The van der Waals surface area contributed by atoms with Crippen molar-refractivity contribution in [1.82, 2.24) is 0 Å². The summed E-state index contributed by atoms with van der Waals surface area (Å²) < 4.78 is 38.1. The molecule has 0 saturated heterocycles. The molecule has 0 bridgehead atoms. The van der Waals surface area contributed by atoms with E-state index in [1.54, 1.807) is 0 Å². The van der Waals surface area contributed by atoms with Crippen molar-refractivity contribution in [3.63, 3.8) is 0 Å². The zero-order chi connectivity index (χ0) is 101. The molecule has 3 unspecified atom stereocenters. The highest BCUT2D eigenvalue weighted by Crippen LogP contribution is 2.25. The number of likely N-dealkylation sites (N-methyl/N-ethyl adjacent to an activating group) is 3. The van der Waals surface area contributed by atoms with E-state index in [0.717, 1.165) is 212 Å². The Kier molecular flexibility index (Phi) is 98.6. The number of nitrogens with zero attached hydrogens (tertiary/aromatic N) is 3. The van der Waals surface area contributed by atoms with Crippen molar-refractivity contribution in [2.24, 2.45) is 0 Å². The summed E-state index contributed by atoms with van der Waals surface area (Å²) in [5, 5.41) is 0. The van der Waals surface area contributed by atoms with Crippen molar-refractivity contribution >= 4 is 35.8 Å². The summed E-state index contributed by atoms with van der Waals surface area (Å²) in [7, 11) is 13.1. The molecule has 138 heavy (non-hydrogen) atoms. The third kappa shape index (κ3) is 99.3. The van der Waals surface area contributed by atoms with Crippen LogP contribution in [0.15, 0.2) is 36.5 Å². The molecular weight excluding hydrogens is 1710 g/mol. The van der Waals surface area contributed by atoms with Crippen molar-refractivity contribution in [3.05, 3.63) is 36.5 Å². The number of rotatable bonds is 110. The van der Waals surface area contributed by atoms with Crippen LogP contribution in [-0.2, 0) is 57.2 Å². The third-order valence-electron chi connectivity index (χ3n) is 28.7. The monoisotopic (exact) mass is 1950 g/mol. The van der Waals surface area contributed by atoms with E-state index >= 15 is 0 Å². The van der Waals surface area contributed by atoms with Gasteiger partial charge >= 0.3 is 35.8 Å². The van der Waals surface area contributed by atoms with Gasteiger partial charge in [-0.3, -0.25) is 14.4 Å². The van der Waals surface area contributed by atoms with Gasteiger partial charge < -0.3 is 41.9 Å². The van der Waals surface area contributed by atoms with Gasteiger partial charge in [0.05, 0.1) is 61.9 Å². The summed E-state index contributed by atoms with van der Waals surface area (Å²) in [5.41, 5.74) is 0. The molecule has 0 amide bonds. The highest BCUT2D eigenvalue weighted by Gasteiger charge is 2.28. The fourth-order valence-corrected chi connectivity index (χ4v) is 19.5. The maximum atomic E-state index is 13.4. The largest absolute Gasteiger partial charge is 0.462 e. The molecule has 0 fully saturated rings. The Labute approximate surface area is 857 Å². The van der Waals surface area contributed by atoms with E-state index in [1.165, 1.54) is 327 Å². The highest BCUT2D eigenvalue weighted by molar-refractivity contribution is 5.72. The normalized spacial score (nSPS) is 13.0. The number of quaternary nitrogens is 3. The van der Waals surface area contributed by atoms with Gasteiger partial charge in [0.15, 0.2) is 25.7 Å². The molecule has 3 atom stereocenters. The molecule has 0 aliphatic heterocycles. The van der Waals surface area contributed by atoms with Crippen LogP contribution in [0, 0.1) is 0 Å². The predicted octanol–water partition coefficient (Wildman–Crippen LogP) is 35.7.